The minimum atomic E-state index is -0.829. The number of Topliss-reactive ketones (excluding diaryl/α,β-unsaturated/α-hetero) is 1. The second kappa shape index (κ2) is 11.8. The van der Waals surface area contributed by atoms with Gasteiger partial charge in [0.15, 0.2) is 6.61 Å². The number of hydrogen-bond donors (Lipinski definition) is 0. The molecule has 0 radical (unpaired) electrons. The molecular formula is C32H23Cl2N3O7. The molecule has 4 aromatic rings. The highest BCUT2D eigenvalue weighted by molar-refractivity contribution is 6.33. The van der Waals surface area contributed by atoms with Crippen molar-refractivity contribution in [1.29, 1.82) is 0 Å². The third-order valence-corrected chi connectivity index (χ3v) is 8.61. The van der Waals surface area contributed by atoms with Crippen molar-refractivity contribution in [2.75, 3.05) is 11.5 Å². The summed E-state index contributed by atoms with van der Waals surface area (Å²) in [5.74, 6) is -2.34. The number of rotatable bonds is 7. The largest absolute Gasteiger partial charge is 0.454 e. The Morgan fingerprint density at radius 1 is 0.932 bits per heavy atom. The smallest absolute Gasteiger partial charge is 0.339 e. The van der Waals surface area contributed by atoms with Crippen molar-refractivity contribution < 1.29 is 28.8 Å². The summed E-state index contributed by atoms with van der Waals surface area (Å²) in [5.41, 5.74) is 1.56. The van der Waals surface area contributed by atoms with E-state index in [0.29, 0.717) is 32.9 Å². The van der Waals surface area contributed by atoms with Crippen molar-refractivity contribution in [1.82, 2.24) is 4.98 Å². The van der Waals surface area contributed by atoms with Gasteiger partial charge >= 0.3 is 5.97 Å². The number of nitro benzene ring substituents is 1. The van der Waals surface area contributed by atoms with E-state index in [1.165, 1.54) is 23.1 Å². The Morgan fingerprint density at radius 2 is 1.61 bits per heavy atom. The Bertz CT molecular complexity index is 1850. The van der Waals surface area contributed by atoms with Crippen LogP contribution in [0, 0.1) is 22.0 Å². The lowest BCUT2D eigenvalue weighted by atomic mass is 9.81. The highest BCUT2D eigenvalue weighted by Crippen LogP contribution is 2.40. The van der Waals surface area contributed by atoms with Gasteiger partial charge in [-0.25, -0.2) is 9.78 Å². The van der Waals surface area contributed by atoms with E-state index in [2.05, 4.69) is 4.98 Å². The van der Waals surface area contributed by atoms with Crippen molar-refractivity contribution >= 4 is 69.0 Å². The van der Waals surface area contributed by atoms with Crippen LogP contribution in [0.2, 0.25) is 10.0 Å². The SMILES string of the molecule is O=C(COC(=O)c1cc(-c2ccc(N3C(=O)C4CCCCC4C3=O)cc2)nc2ccc(Cl)cc12)c1ccc(Cl)c([N+](=O)[O-])c1. The molecule has 222 valence electrons. The number of ketones is 1. The normalized spacial score (nSPS) is 17.9. The molecule has 1 aliphatic heterocycles. The van der Waals surface area contributed by atoms with Gasteiger partial charge in [0, 0.05) is 27.6 Å². The second-order valence-corrected chi connectivity index (χ2v) is 11.5. The van der Waals surface area contributed by atoms with Gasteiger partial charge < -0.3 is 4.74 Å². The molecule has 2 amide bonds. The van der Waals surface area contributed by atoms with E-state index in [4.69, 9.17) is 27.9 Å². The number of fused-ring (bicyclic) bond motifs is 2. The second-order valence-electron chi connectivity index (χ2n) is 10.7. The molecule has 0 spiro atoms. The number of aromatic nitrogens is 1. The van der Waals surface area contributed by atoms with Gasteiger partial charge in [-0.05, 0) is 61.4 Å². The highest BCUT2D eigenvalue weighted by atomic mass is 35.5. The average molecular weight is 632 g/mol. The Labute approximate surface area is 260 Å². The van der Waals surface area contributed by atoms with Crippen molar-refractivity contribution in [2.24, 2.45) is 11.8 Å². The molecule has 2 heterocycles. The molecule has 12 heteroatoms. The van der Waals surface area contributed by atoms with Crippen LogP contribution in [0.1, 0.15) is 46.4 Å². The molecule has 1 saturated carbocycles. The fraction of sp³-hybridized carbons (Fsp3) is 0.219. The van der Waals surface area contributed by atoms with Crippen molar-refractivity contribution in [3.63, 3.8) is 0 Å². The maximum absolute atomic E-state index is 13.3. The first-order chi connectivity index (χ1) is 21.1. The van der Waals surface area contributed by atoms with Crippen LogP contribution < -0.4 is 4.90 Å². The predicted molar refractivity (Wildman–Crippen MR) is 163 cm³/mol. The van der Waals surface area contributed by atoms with Gasteiger partial charge in [0.05, 0.1) is 39.2 Å². The first-order valence-corrected chi connectivity index (χ1v) is 14.6. The summed E-state index contributed by atoms with van der Waals surface area (Å²) in [5, 5.41) is 11.8. The van der Waals surface area contributed by atoms with Crippen molar-refractivity contribution in [2.45, 2.75) is 25.7 Å². The van der Waals surface area contributed by atoms with Gasteiger partial charge in [0.2, 0.25) is 17.6 Å². The van der Waals surface area contributed by atoms with E-state index < -0.39 is 29.0 Å². The van der Waals surface area contributed by atoms with Gasteiger partial charge in [-0.1, -0.05) is 48.2 Å². The number of benzene rings is 3. The molecule has 3 aromatic carbocycles. The fourth-order valence-corrected chi connectivity index (χ4v) is 6.19. The van der Waals surface area contributed by atoms with Gasteiger partial charge in [0.1, 0.15) is 5.02 Å². The van der Waals surface area contributed by atoms with Crippen LogP contribution in [0.5, 0.6) is 0 Å². The Hall–Kier alpha value is -4.67. The van der Waals surface area contributed by atoms with E-state index in [9.17, 15) is 29.3 Å². The lowest BCUT2D eigenvalue weighted by molar-refractivity contribution is -0.384. The van der Waals surface area contributed by atoms with Gasteiger partial charge in [0.25, 0.3) is 5.69 Å². The van der Waals surface area contributed by atoms with Crippen molar-refractivity contribution in [3.05, 3.63) is 98.0 Å². The number of hydrogen-bond acceptors (Lipinski definition) is 8. The van der Waals surface area contributed by atoms with E-state index in [0.717, 1.165) is 31.7 Å². The van der Waals surface area contributed by atoms with Gasteiger partial charge in [-0.3, -0.25) is 29.4 Å². The van der Waals surface area contributed by atoms with Gasteiger partial charge in [-0.15, -0.1) is 0 Å². The first-order valence-electron chi connectivity index (χ1n) is 13.8. The fourth-order valence-electron chi connectivity index (χ4n) is 5.83. The number of halogens is 2. The summed E-state index contributed by atoms with van der Waals surface area (Å²) in [6, 6.07) is 16.7. The standard InChI is InChI=1S/C32H23Cl2N3O7/c33-19-8-12-26-23(14-19)24(32(41)44-16-29(38)18-7-11-25(34)28(13-18)37(42)43)15-27(35-26)17-5-9-20(10-6-17)36-30(39)21-3-1-2-4-22(21)31(36)40/h5-15,21-22H,1-4,16H2. The van der Waals surface area contributed by atoms with E-state index in [1.54, 1.807) is 42.5 Å². The van der Waals surface area contributed by atoms with Gasteiger partial charge in [-0.2, -0.15) is 0 Å². The van der Waals surface area contributed by atoms with Crippen LogP contribution in [0.4, 0.5) is 11.4 Å². The average Bonchev–Trinajstić information content (AvgIpc) is 3.28. The summed E-state index contributed by atoms with van der Waals surface area (Å²) < 4.78 is 5.33. The number of carbonyl (C=O) groups excluding carboxylic acids is 4. The number of esters is 1. The molecule has 0 N–H and O–H groups in total. The number of amides is 2. The molecule has 0 bridgehead atoms. The van der Waals surface area contributed by atoms with E-state index in [1.807, 2.05) is 0 Å². The summed E-state index contributed by atoms with van der Waals surface area (Å²) >= 11 is 12.0. The zero-order valence-corrected chi connectivity index (χ0v) is 24.5. The zero-order chi connectivity index (χ0) is 31.1. The molecule has 2 unspecified atom stereocenters. The van der Waals surface area contributed by atoms with Crippen LogP contribution >= 0.6 is 23.2 Å². The molecular weight excluding hydrogens is 609 g/mol. The number of ether oxygens (including phenoxy) is 1. The Morgan fingerprint density at radius 3 is 2.27 bits per heavy atom. The third kappa shape index (κ3) is 5.42. The monoisotopic (exact) mass is 631 g/mol. The van der Waals surface area contributed by atoms with Crippen LogP contribution in [-0.2, 0) is 14.3 Å². The molecule has 10 nitrogen and oxygen atoms in total. The minimum absolute atomic E-state index is 0.0356. The topological polar surface area (TPSA) is 137 Å². The molecule has 44 heavy (non-hydrogen) atoms. The number of nitrogens with zero attached hydrogens (tertiary/aromatic N) is 3. The molecule has 2 atom stereocenters. The molecule has 2 aliphatic rings. The van der Waals surface area contributed by atoms with E-state index >= 15 is 0 Å². The third-order valence-electron chi connectivity index (χ3n) is 8.05. The molecule has 6 rings (SSSR count). The van der Waals surface area contributed by atoms with Crippen LogP contribution in [0.15, 0.2) is 66.7 Å². The number of imide groups is 1. The molecule has 1 aliphatic carbocycles. The number of carbonyl (C=O) groups is 4. The zero-order valence-electron chi connectivity index (χ0n) is 23.0. The molecule has 1 aromatic heterocycles. The van der Waals surface area contributed by atoms with E-state index in [-0.39, 0.29) is 39.8 Å². The first kappa shape index (κ1) is 29.4. The Kier molecular flexibility index (Phi) is 7.87. The number of pyridine rings is 1. The lowest BCUT2D eigenvalue weighted by Crippen LogP contribution is -2.30. The van der Waals surface area contributed by atoms with Crippen LogP contribution in [-0.4, -0.2) is 40.1 Å². The summed E-state index contributed by atoms with van der Waals surface area (Å²) in [6.07, 6.45) is 3.32. The number of anilines is 1. The minimum Gasteiger partial charge on any atom is -0.454 e. The summed E-state index contributed by atoms with van der Waals surface area (Å²) in [7, 11) is 0. The molecule has 1 saturated heterocycles. The quantitative estimate of drug-likeness (QED) is 0.0711. The Balaban J connectivity index is 1.27. The highest BCUT2D eigenvalue weighted by Gasteiger charge is 2.48. The summed E-state index contributed by atoms with van der Waals surface area (Å²) in [4.78, 5) is 68.5. The predicted octanol–water partition coefficient (Wildman–Crippen LogP) is 6.84. The van der Waals surface area contributed by atoms with Crippen LogP contribution in [0.25, 0.3) is 22.2 Å². The van der Waals surface area contributed by atoms with Crippen LogP contribution in [0.3, 0.4) is 0 Å². The lowest BCUT2D eigenvalue weighted by Gasteiger charge is -2.19. The number of nitro groups is 1. The maximum atomic E-state index is 13.3. The summed E-state index contributed by atoms with van der Waals surface area (Å²) in [6.45, 7) is -0.675. The van der Waals surface area contributed by atoms with Crippen molar-refractivity contribution in [3.8, 4) is 11.3 Å². The maximum Gasteiger partial charge on any atom is 0.339 e. The molecule has 2 fully saturated rings.